The van der Waals surface area contributed by atoms with Crippen molar-refractivity contribution in [1.82, 2.24) is 14.7 Å². The van der Waals surface area contributed by atoms with Crippen molar-refractivity contribution in [2.75, 3.05) is 19.6 Å². The molecule has 0 unspecified atom stereocenters. The minimum atomic E-state index is 0.116. The molecule has 1 aromatic heterocycles. The molecule has 1 saturated carbocycles. The van der Waals surface area contributed by atoms with E-state index >= 15 is 0 Å². The molecule has 0 amide bonds. The molecule has 0 bridgehead atoms. The lowest BCUT2D eigenvalue weighted by Gasteiger charge is -2.35. The van der Waals surface area contributed by atoms with Crippen LogP contribution in [0, 0.1) is 11.8 Å². The first-order valence-corrected chi connectivity index (χ1v) is 10.6. The highest BCUT2D eigenvalue weighted by atomic mass is 16.1. The Kier molecular flexibility index (Phi) is 5.54. The second-order valence-electron chi connectivity index (χ2n) is 8.59. The number of rotatable bonds is 4. The number of aromatic nitrogens is 2. The molecule has 0 atom stereocenters. The van der Waals surface area contributed by atoms with E-state index in [1.165, 1.54) is 88.7 Å². The summed E-state index contributed by atoms with van der Waals surface area (Å²) >= 11 is 0. The second kappa shape index (κ2) is 8.03. The molecule has 2 heterocycles. The van der Waals surface area contributed by atoms with Crippen molar-refractivity contribution in [3.8, 4) is 0 Å². The van der Waals surface area contributed by atoms with Gasteiger partial charge in [0.25, 0.3) is 5.56 Å². The number of fused-ring (bicyclic) bond motifs is 1. The molecular formula is C21H33N3O. The number of aryl methyl sites for hydroxylation is 2. The fourth-order valence-electron chi connectivity index (χ4n) is 5.06. The van der Waals surface area contributed by atoms with Gasteiger partial charge in [-0.2, -0.15) is 5.10 Å². The first kappa shape index (κ1) is 17.3. The van der Waals surface area contributed by atoms with Crippen molar-refractivity contribution in [1.29, 1.82) is 0 Å². The van der Waals surface area contributed by atoms with Gasteiger partial charge in [-0.15, -0.1) is 0 Å². The maximum Gasteiger partial charge on any atom is 0.267 e. The SMILES string of the molecule is O=c1cc2c(nn1CC1CCN(CC3CCCCC3)CC1)CCCC2. The first-order valence-electron chi connectivity index (χ1n) is 10.6. The van der Waals surface area contributed by atoms with Gasteiger partial charge in [0.2, 0.25) is 0 Å². The lowest BCUT2D eigenvalue weighted by atomic mass is 9.88. The van der Waals surface area contributed by atoms with E-state index < -0.39 is 0 Å². The number of hydrogen-bond donors (Lipinski definition) is 0. The van der Waals surface area contributed by atoms with Crippen LogP contribution < -0.4 is 5.56 Å². The first-order chi connectivity index (χ1) is 12.3. The molecular weight excluding hydrogens is 310 g/mol. The summed E-state index contributed by atoms with van der Waals surface area (Å²) in [6.07, 6.45) is 14.2. The van der Waals surface area contributed by atoms with Crippen molar-refractivity contribution in [2.24, 2.45) is 11.8 Å². The minimum Gasteiger partial charge on any atom is -0.303 e. The molecule has 2 fully saturated rings. The molecule has 1 aliphatic heterocycles. The van der Waals surface area contributed by atoms with Gasteiger partial charge < -0.3 is 4.90 Å². The number of nitrogens with zero attached hydrogens (tertiary/aromatic N) is 3. The largest absolute Gasteiger partial charge is 0.303 e. The van der Waals surface area contributed by atoms with Crippen molar-refractivity contribution in [2.45, 2.75) is 77.2 Å². The molecule has 4 heteroatoms. The van der Waals surface area contributed by atoms with Crippen LogP contribution in [0.3, 0.4) is 0 Å². The maximum atomic E-state index is 12.4. The summed E-state index contributed by atoms with van der Waals surface area (Å²) in [5, 5.41) is 4.71. The van der Waals surface area contributed by atoms with Crippen LogP contribution in [0.15, 0.2) is 10.9 Å². The van der Waals surface area contributed by atoms with Crippen LogP contribution in [-0.4, -0.2) is 34.3 Å². The standard InChI is InChI=1S/C21H33N3O/c25-21-14-19-8-4-5-9-20(19)22-24(21)16-18-10-12-23(13-11-18)15-17-6-2-1-3-7-17/h14,17-18H,1-13,15-16H2. The Balaban J connectivity index is 1.30. The third kappa shape index (κ3) is 4.33. The van der Waals surface area contributed by atoms with Gasteiger partial charge in [-0.05, 0) is 81.9 Å². The van der Waals surface area contributed by atoms with Crippen LogP contribution in [0.1, 0.15) is 69.0 Å². The lowest BCUT2D eigenvalue weighted by Crippen LogP contribution is -2.39. The predicted octanol–water partition coefficient (Wildman–Crippen LogP) is 3.41. The normalized spacial score (nSPS) is 23.5. The van der Waals surface area contributed by atoms with Gasteiger partial charge in [0, 0.05) is 19.2 Å². The molecule has 1 saturated heterocycles. The van der Waals surface area contributed by atoms with E-state index in [1.54, 1.807) is 4.68 Å². The third-order valence-electron chi connectivity index (χ3n) is 6.65. The Morgan fingerprint density at radius 1 is 0.880 bits per heavy atom. The Labute approximate surface area is 151 Å². The highest BCUT2D eigenvalue weighted by molar-refractivity contribution is 5.20. The molecule has 2 aliphatic carbocycles. The summed E-state index contributed by atoms with van der Waals surface area (Å²) in [6.45, 7) is 4.55. The van der Waals surface area contributed by atoms with E-state index in [1.807, 2.05) is 6.07 Å². The van der Waals surface area contributed by atoms with E-state index in [-0.39, 0.29) is 5.56 Å². The Morgan fingerprint density at radius 3 is 2.40 bits per heavy atom. The number of piperidine rings is 1. The third-order valence-corrected chi connectivity index (χ3v) is 6.65. The fraction of sp³-hybridized carbons (Fsp3) is 0.810. The van der Waals surface area contributed by atoms with Crippen molar-refractivity contribution >= 4 is 0 Å². The topological polar surface area (TPSA) is 38.1 Å². The molecule has 3 aliphatic rings. The zero-order chi connectivity index (χ0) is 17.1. The summed E-state index contributed by atoms with van der Waals surface area (Å²) < 4.78 is 1.77. The maximum absolute atomic E-state index is 12.4. The molecule has 0 radical (unpaired) electrons. The van der Waals surface area contributed by atoms with Gasteiger partial charge >= 0.3 is 0 Å². The quantitative estimate of drug-likeness (QED) is 0.841. The van der Waals surface area contributed by atoms with E-state index in [0.29, 0.717) is 5.92 Å². The Bertz CT molecular complexity index is 625. The summed E-state index contributed by atoms with van der Waals surface area (Å²) in [5.74, 6) is 1.56. The van der Waals surface area contributed by atoms with Crippen LogP contribution in [0.2, 0.25) is 0 Å². The highest BCUT2D eigenvalue weighted by Crippen LogP contribution is 2.27. The monoisotopic (exact) mass is 343 g/mol. The van der Waals surface area contributed by atoms with Crippen LogP contribution in [0.5, 0.6) is 0 Å². The number of hydrogen-bond acceptors (Lipinski definition) is 3. The van der Waals surface area contributed by atoms with Crippen molar-refractivity contribution < 1.29 is 0 Å². The van der Waals surface area contributed by atoms with Gasteiger partial charge in [0.15, 0.2) is 0 Å². The zero-order valence-electron chi connectivity index (χ0n) is 15.6. The summed E-state index contributed by atoms with van der Waals surface area (Å²) in [4.78, 5) is 15.1. The average Bonchev–Trinajstić information content (AvgIpc) is 2.65. The van der Waals surface area contributed by atoms with Crippen LogP contribution in [0.25, 0.3) is 0 Å². The van der Waals surface area contributed by atoms with E-state index in [0.717, 1.165) is 25.3 Å². The van der Waals surface area contributed by atoms with Gasteiger partial charge in [0.05, 0.1) is 5.69 Å². The van der Waals surface area contributed by atoms with Crippen LogP contribution in [0.4, 0.5) is 0 Å². The minimum absolute atomic E-state index is 0.116. The Hall–Kier alpha value is -1.16. The Morgan fingerprint density at radius 2 is 1.60 bits per heavy atom. The zero-order valence-corrected chi connectivity index (χ0v) is 15.6. The van der Waals surface area contributed by atoms with Gasteiger partial charge in [-0.3, -0.25) is 4.79 Å². The van der Waals surface area contributed by atoms with Crippen LogP contribution >= 0.6 is 0 Å². The molecule has 0 N–H and O–H groups in total. The number of likely N-dealkylation sites (tertiary alicyclic amines) is 1. The van der Waals surface area contributed by atoms with Gasteiger partial charge in [-0.25, -0.2) is 4.68 Å². The molecule has 4 nitrogen and oxygen atoms in total. The highest BCUT2D eigenvalue weighted by Gasteiger charge is 2.24. The molecule has 138 valence electrons. The average molecular weight is 344 g/mol. The van der Waals surface area contributed by atoms with Crippen molar-refractivity contribution in [3.05, 3.63) is 27.7 Å². The van der Waals surface area contributed by atoms with E-state index in [4.69, 9.17) is 5.10 Å². The summed E-state index contributed by atoms with van der Waals surface area (Å²) in [7, 11) is 0. The lowest BCUT2D eigenvalue weighted by molar-refractivity contribution is 0.136. The van der Waals surface area contributed by atoms with Gasteiger partial charge in [-0.1, -0.05) is 19.3 Å². The molecule has 25 heavy (non-hydrogen) atoms. The fourth-order valence-corrected chi connectivity index (χ4v) is 5.06. The molecule has 1 aromatic rings. The van der Waals surface area contributed by atoms with E-state index in [2.05, 4.69) is 4.90 Å². The summed E-state index contributed by atoms with van der Waals surface area (Å²) in [5.41, 5.74) is 2.50. The van der Waals surface area contributed by atoms with Gasteiger partial charge in [0.1, 0.15) is 0 Å². The summed E-state index contributed by atoms with van der Waals surface area (Å²) in [6, 6.07) is 1.86. The van der Waals surface area contributed by atoms with Crippen molar-refractivity contribution in [3.63, 3.8) is 0 Å². The predicted molar refractivity (Wildman–Crippen MR) is 101 cm³/mol. The molecule has 0 spiro atoms. The smallest absolute Gasteiger partial charge is 0.267 e. The van der Waals surface area contributed by atoms with Crippen LogP contribution in [-0.2, 0) is 19.4 Å². The second-order valence-corrected chi connectivity index (χ2v) is 8.59. The molecule has 4 rings (SSSR count). The van der Waals surface area contributed by atoms with E-state index in [9.17, 15) is 4.79 Å². The molecule has 0 aromatic carbocycles.